The summed E-state index contributed by atoms with van der Waals surface area (Å²) in [6.07, 6.45) is 6.95. The predicted octanol–water partition coefficient (Wildman–Crippen LogP) is 4.93. The molecular formula is C24H20ClF3N8O. The number of amides is 1. The van der Waals surface area contributed by atoms with Crippen molar-refractivity contribution in [1.82, 2.24) is 29.7 Å². The van der Waals surface area contributed by atoms with Gasteiger partial charge < -0.3 is 10.2 Å². The van der Waals surface area contributed by atoms with Crippen LogP contribution < -0.4 is 10.2 Å². The summed E-state index contributed by atoms with van der Waals surface area (Å²) in [5.41, 5.74) is -0.354. The highest BCUT2D eigenvalue weighted by molar-refractivity contribution is 6.31. The number of anilines is 2. The van der Waals surface area contributed by atoms with Gasteiger partial charge in [-0.1, -0.05) is 17.7 Å². The lowest BCUT2D eigenvalue weighted by Gasteiger charge is -2.30. The van der Waals surface area contributed by atoms with Gasteiger partial charge in [0, 0.05) is 48.4 Å². The van der Waals surface area contributed by atoms with E-state index in [-0.39, 0.29) is 22.5 Å². The van der Waals surface area contributed by atoms with Crippen molar-refractivity contribution in [3.63, 3.8) is 0 Å². The fourth-order valence-corrected chi connectivity index (χ4v) is 3.95. The van der Waals surface area contributed by atoms with Gasteiger partial charge in [0.15, 0.2) is 5.82 Å². The Morgan fingerprint density at radius 1 is 1.11 bits per heavy atom. The summed E-state index contributed by atoms with van der Waals surface area (Å²) < 4.78 is 43.2. The molecule has 1 amide bonds. The molecule has 1 atom stereocenters. The first-order chi connectivity index (χ1) is 17.8. The molecule has 0 bridgehead atoms. The van der Waals surface area contributed by atoms with E-state index in [9.17, 15) is 18.0 Å². The first-order valence-electron chi connectivity index (χ1n) is 11.3. The van der Waals surface area contributed by atoms with Gasteiger partial charge in [0.1, 0.15) is 5.69 Å². The van der Waals surface area contributed by atoms with Gasteiger partial charge in [0.05, 0.1) is 41.0 Å². The molecule has 1 saturated heterocycles. The number of halogens is 4. The average Bonchev–Trinajstić information content (AvgIpc) is 3.33. The van der Waals surface area contributed by atoms with E-state index >= 15 is 0 Å². The number of aromatic nitrogens is 6. The van der Waals surface area contributed by atoms with Gasteiger partial charge in [0.25, 0.3) is 12.3 Å². The average molecular weight is 529 g/mol. The molecule has 4 aromatic rings. The van der Waals surface area contributed by atoms with Gasteiger partial charge in [-0.25, -0.2) is 28.1 Å². The second-order valence-electron chi connectivity index (χ2n) is 8.41. The smallest absolute Gasteiger partial charge is 0.275 e. The Morgan fingerprint density at radius 2 is 1.86 bits per heavy atom. The maximum atomic E-state index is 14.6. The number of alkyl halides is 2. The Hall–Kier alpha value is -4.06. The van der Waals surface area contributed by atoms with Gasteiger partial charge in [0.2, 0.25) is 5.95 Å². The fraction of sp³-hybridized carbons (Fsp3) is 0.250. The van der Waals surface area contributed by atoms with Crippen LogP contribution in [0.5, 0.6) is 0 Å². The largest absolute Gasteiger partial charge is 0.341 e. The molecule has 4 heterocycles. The van der Waals surface area contributed by atoms with E-state index in [0.29, 0.717) is 11.6 Å². The fourth-order valence-electron chi connectivity index (χ4n) is 3.79. The Morgan fingerprint density at radius 3 is 2.54 bits per heavy atom. The number of carbonyl (C=O) groups excluding carboxylic acids is 1. The summed E-state index contributed by atoms with van der Waals surface area (Å²) in [7, 11) is 0. The summed E-state index contributed by atoms with van der Waals surface area (Å²) >= 11 is 5.79. The molecular weight excluding hydrogens is 509 g/mol. The minimum atomic E-state index is -2.98. The van der Waals surface area contributed by atoms with Crippen LogP contribution in [0.25, 0.3) is 11.3 Å². The van der Waals surface area contributed by atoms with E-state index in [1.54, 1.807) is 23.3 Å². The number of carbonyl (C=O) groups is 1. The molecule has 0 aliphatic carbocycles. The maximum Gasteiger partial charge on any atom is 0.275 e. The third-order valence-corrected chi connectivity index (χ3v) is 6.31. The molecule has 13 heteroatoms. The van der Waals surface area contributed by atoms with Crippen molar-refractivity contribution in [3.8, 4) is 11.3 Å². The lowest BCUT2D eigenvalue weighted by Crippen LogP contribution is -2.38. The normalized spacial score (nSPS) is 13.9. The Bertz CT molecular complexity index is 1440. The van der Waals surface area contributed by atoms with Crippen molar-refractivity contribution in [2.75, 3.05) is 23.3 Å². The van der Waals surface area contributed by atoms with Crippen molar-refractivity contribution in [1.29, 1.82) is 0 Å². The molecule has 1 aliphatic rings. The molecule has 0 radical (unpaired) electrons. The van der Waals surface area contributed by atoms with Crippen LogP contribution in [0.4, 0.5) is 24.8 Å². The van der Waals surface area contributed by atoms with Gasteiger partial charge >= 0.3 is 0 Å². The third kappa shape index (κ3) is 4.96. The molecule has 1 fully saturated rings. The minimum absolute atomic E-state index is 0.201. The zero-order chi connectivity index (χ0) is 26.1. The molecule has 0 saturated carbocycles. The molecule has 37 heavy (non-hydrogen) atoms. The molecule has 1 aliphatic heterocycles. The number of nitrogens with zero attached hydrogens (tertiary/aromatic N) is 7. The van der Waals surface area contributed by atoms with Crippen LogP contribution in [0.1, 0.15) is 47.4 Å². The molecule has 0 unspecified atom stereocenters. The molecule has 9 nitrogen and oxygen atoms in total. The maximum absolute atomic E-state index is 14.6. The summed E-state index contributed by atoms with van der Waals surface area (Å²) in [5.74, 6) is -1.05. The number of hydrogen-bond acceptors (Lipinski definition) is 7. The van der Waals surface area contributed by atoms with Gasteiger partial charge in [-0.3, -0.25) is 14.5 Å². The number of benzene rings is 1. The van der Waals surface area contributed by atoms with Crippen LogP contribution in [-0.4, -0.2) is 48.7 Å². The summed E-state index contributed by atoms with van der Waals surface area (Å²) in [5, 5.41) is 6.58. The summed E-state index contributed by atoms with van der Waals surface area (Å²) in [4.78, 5) is 31.7. The highest BCUT2D eigenvalue weighted by Crippen LogP contribution is 2.35. The SMILES string of the molecule is C[C@@H](c1cnc(N2CCC2)nc1)n1cc(NC(=O)c2cncc(-c3c(C(F)F)ccc(Cl)c3F)n2)cn1. The van der Waals surface area contributed by atoms with E-state index in [4.69, 9.17) is 11.6 Å². The van der Waals surface area contributed by atoms with E-state index in [1.165, 1.54) is 6.20 Å². The predicted molar refractivity (Wildman–Crippen MR) is 130 cm³/mol. The van der Waals surface area contributed by atoms with Crippen LogP contribution >= 0.6 is 11.6 Å². The highest BCUT2D eigenvalue weighted by atomic mass is 35.5. The molecule has 0 spiro atoms. The van der Waals surface area contributed by atoms with Gasteiger partial charge in [-0.05, 0) is 19.4 Å². The minimum Gasteiger partial charge on any atom is -0.341 e. The van der Waals surface area contributed by atoms with Crippen LogP contribution in [0.2, 0.25) is 5.02 Å². The first kappa shape index (κ1) is 24.6. The van der Waals surface area contributed by atoms with Gasteiger partial charge in [-0.15, -0.1) is 0 Å². The van der Waals surface area contributed by atoms with Crippen molar-refractivity contribution in [2.24, 2.45) is 0 Å². The van der Waals surface area contributed by atoms with Gasteiger partial charge in [-0.2, -0.15) is 5.10 Å². The number of hydrogen-bond donors (Lipinski definition) is 1. The molecule has 3 aromatic heterocycles. The Balaban J connectivity index is 1.32. The standard InChI is InChI=1S/C24H20ClF3N8O/c1-13(14-7-30-24(31-8-14)35-5-2-6-35)36-12-15(9-32-36)33-23(37)19-11-29-10-18(34-19)20-16(22(27)28)3-4-17(25)21(20)26/h3-4,7-13,22H,2,5-6H2,1H3,(H,33,37)/t13-/m0/s1. The first-order valence-corrected chi connectivity index (χ1v) is 11.7. The molecule has 1 aromatic carbocycles. The van der Waals surface area contributed by atoms with Crippen LogP contribution in [0.15, 0.2) is 49.3 Å². The van der Waals surface area contributed by atoms with E-state index in [0.717, 1.165) is 49.6 Å². The molecule has 1 N–H and O–H groups in total. The Labute approximate surface area is 214 Å². The van der Waals surface area contributed by atoms with E-state index in [1.807, 2.05) is 6.92 Å². The second kappa shape index (κ2) is 10.1. The van der Waals surface area contributed by atoms with Crippen molar-refractivity contribution in [2.45, 2.75) is 25.8 Å². The van der Waals surface area contributed by atoms with Crippen LogP contribution in [-0.2, 0) is 0 Å². The lowest BCUT2D eigenvalue weighted by molar-refractivity contribution is 0.102. The van der Waals surface area contributed by atoms with E-state index in [2.05, 4.69) is 35.3 Å². The monoisotopic (exact) mass is 528 g/mol. The molecule has 5 rings (SSSR count). The Kier molecular flexibility index (Phi) is 6.74. The summed E-state index contributed by atoms with van der Waals surface area (Å²) in [6.45, 7) is 3.81. The van der Waals surface area contributed by atoms with Crippen LogP contribution in [0.3, 0.4) is 0 Å². The number of rotatable bonds is 7. The van der Waals surface area contributed by atoms with Crippen molar-refractivity contribution >= 4 is 29.1 Å². The highest BCUT2D eigenvalue weighted by Gasteiger charge is 2.23. The zero-order valence-electron chi connectivity index (χ0n) is 19.4. The summed E-state index contributed by atoms with van der Waals surface area (Å²) in [6, 6.07) is 1.84. The van der Waals surface area contributed by atoms with E-state index < -0.39 is 29.3 Å². The lowest BCUT2D eigenvalue weighted by atomic mass is 10.0. The molecule has 190 valence electrons. The topological polar surface area (TPSA) is 102 Å². The second-order valence-corrected chi connectivity index (χ2v) is 8.82. The third-order valence-electron chi connectivity index (χ3n) is 6.02. The van der Waals surface area contributed by atoms with Crippen molar-refractivity contribution in [3.05, 3.63) is 77.0 Å². The van der Waals surface area contributed by atoms with Crippen LogP contribution in [0, 0.1) is 5.82 Å². The zero-order valence-corrected chi connectivity index (χ0v) is 20.2. The van der Waals surface area contributed by atoms with Crippen molar-refractivity contribution < 1.29 is 18.0 Å². The number of nitrogens with one attached hydrogen (secondary N) is 1. The quantitative estimate of drug-likeness (QED) is 0.363.